The molecule has 0 atom stereocenters. The van der Waals surface area contributed by atoms with Crippen LogP contribution >= 0.6 is 0 Å². The van der Waals surface area contributed by atoms with Gasteiger partial charge in [0.25, 0.3) is 0 Å². The molecular formula is C7H9N3O. The number of rotatable bonds is 1. The van der Waals surface area contributed by atoms with Gasteiger partial charge in [-0.15, -0.1) is 0 Å². The van der Waals surface area contributed by atoms with E-state index in [9.17, 15) is 0 Å². The first-order chi connectivity index (χ1) is 5.40. The van der Waals surface area contributed by atoms with Crippen LogP contribution in [0.1, 0.15) is 11.3 Å². The summed E-state index contributed by atoms with van der Waals surface area (Å²) in [5.41, 5.74) is 2.22. The zero-order chi connectivity index (χ0) is 7.68. The molecule has 1 aromatic heterocycles. The summed E-state index contributed by atoms with van der Waals surface area (Å²) in [6, 6.07) is 0.451. The van der Waals surface area contributed by atoms with Crippen LogP contribution in [0.2, 0.25) is 0 Å². The highest BCUT2D eigenvalue weighted by atomic mass is 16.5. The third-order valence-corrected chi connectivity index (χ3v) is 1.72. The van der Waals surface area contributed by atoms with Crippen LogP contribution in [-0.2, 0) is 13.1 Å². The van der Waals surface area contributed by atoms with Crippen molar-refractivity contribution in [1.29, 1.82) is 0 Å². The molecule has 4 nitrogen and oxygen atoms in total. The maximum Gasteiger partial charge on any atom is 0.316 e. The minimum Gasteiger partial charge on any atom is -0.467 e. The fourth-order valence-electron chi connectivity index (χ4n) is 1.14. The molecule has 0 fully saturated rings. The molecule has 1 N–H and O–H groups in total. The van der Waals surface area contributed by atoms with Crippen molar-refractivity contribution in [2.24, 2.45) is 0 Å². The second kappa shape index (κ2) is 2.47. The van der Waals surface area contributed by atoms with Gasteiger partial charge >= 0.3 is 6.01 Å². The lowest BCUT2D eigenvalue weighted by Gasteiger charge is -1.98. The monoisotopic (exact) mass is 151 g/mol. The second-order valence-corrected chi connectivity index (χ2v) is 2.43. The summed E-state index contributed by atoms with van der Waals surface area (Å²) in [6.07, 6.45) is 1.81. The van der Waals surface area contributed by atoms with Crippen molar-refractivity contribution in [3.8, 4) is 6.01 Å². The third kappa shape index (κ3) is 1.05. The van der Waals surface area contributed by atoms with Crippen LogP contribution in [0.5, 0.6) is 6.01 Å². The fourth-order valence-corrected chi connectivity index (χ4v) is 1.14. The Balaban J connectivity index is 2.41. The number of methoxy groups -OCH3 is 1. The van der Waals surface area contributed by atoms with Gasteiger partial charge in [0.15, 0.2) is 0 Å². The normalized spacial score (nSPS) is 14.6. The van der Waals surface area contributed by atoms with Crippen LogP contribution in [0.3, 0.4) is 0 Å². The van der Waals surface area contributed by atoms with E-state index in [4.69, 9.17) is 4.74 Å². The Labute approximate surface area is 64.6 Å². The van der Waals surface area contributed by atoms with E-state index < -0.39 is 0 Å². The van der Waals surface area contributed by atoms with Crippen molar-refractivity contribution in [2.45, 2.75) is 13.1 Å². The summed E-state index contributed by atoms with van der Waals surface area (Å²) >= 11 is 0. The highest BCUT2D eigenvalue weighted by molar-refractivity contribution is 5.22. The smallest absolute Gasteiger partial charge is 0.316 e. The highest BCUT2D eigenvalue weighted by Gasteiger charge is 2.12. The van der Waals surface area contributed by atoms with E-state index in [1.807, 2.05) is 0 Å². The van der Waals surface area contributed by atoms with Gasteiger partial charge in [-0.2, -0.15) is 4.98 Å². The molecule has 2 heterocycles. The largest absolute Gasteiger partial charge is 0.467 e. The van der Waals surface area contributed by atoms with E-state index in [1.54, 1.807) is 13.3 Å². The molecule has 1 aliphatic heterocycles. The molecule has 1 aliphatic rings. The van der Waals surface area contributed by atoms with Crippen molar-refractivity contribution in [3.05, 3.63) is 17.5 Å². The average Bonchev–Trinajstić information content (AvgIpc) is 2.50. The van der Waals surface area contributed by atoms with Gasteiger partial charge in [0, 0.05) is 24.8 Å². The van der Waals surface area contributed by atoms with Crippen LogP contribution in [-0.4, -0.2) is 17.1 Å². The van der Waals surface area contributed by atoms with Gasteiger partial charge in [0.05, 0.1) is 12.8 Å². The predicted octanol–water partition coefficient (Wildman–Crippen LogP) is 0.0884. The van der Waals surface area contributed by atoms with E-state index in [1.165, 1.54) is 5.56 Å². The topological polar surface area (TPSA) is 47.0 Å². The van der Waals surface area contributed by atoms with Gasteiger partial charge in [-0.1, -0.05) is 0 Å². The standard InChI is InChI=1S/C7H9N3O/c1-11-7-9-3-5-2-8-4-6(5)10-7/h3,8H,2,4H2,1H3. The predicted molar refractivity (Wildman–Crippen MR) is 39.1 cm³/mol. The van der Waals surface area contributed by atoms with Crippen molar-refractivity contribution in [3.63, 3.8) is 0 Å². The molecule has 0 unspecified atom stereocenters. The van der Waals surface area contributed by atoms with E-state index in [0.717, 1.165) is 18.8 Å². The van der Waals surface area contributed by atoms with Crippen molar-refractivity contribution in [1.82, 2.24) is 15.3 Å². The number of hydrogen-bond acceptors (Lipinski definition) is 4. The van der Waals surface area contributed by atoms with Gasteiger partial charge in [-0.05, 0) is 0 Å². The number of fused-ring (bicyclic) bond motifs is 1. The lowest BCUT2D eigenvalue weighted by atomic mass is 10.3. The van der Waals surface area contributed by atoms with Crippen molar-refractivity contribution in [2.75, 3.05) is 7.11 Å². The summed E-state index contributed by atoms with van der Waals surface area (Å²) in [6.45, 7) is 1.70. The highest BCUT2D eigenvalue weighted by Crippen LogP contribution is 2.13. The quantitative estimate of drug-likeness (QED) is 0.617. The molecule has 0 spiro atoms. The molecule has 0 bridgehead atoms. The van der Waals surface area contributed by atoms with Gasteiger partial charge in [-0.25, -0.2) is 4.98 Å². The lowest BCUT2D eigenvalue weighted by molar-refractivity contribution is 0.378. The lowest BCUT2D eigenvalue weighted by Crippen LogP contribution is -2.00. The van der Waals surface area contributed by atoms with E-state index in [-0.39, 0.29) is 0 Å². The Hall–Kier alpha value is -1.16. The molecule has 0 aromatic carbocycles. The maximum absolute atomic E-state index is 4.89. The van der Waals surface area contributed by atoms with Gasteiger partial charge in [-0.3, -0.25) is 0 Å². The molecule has 0 saturated carbocycles. The minimum absolute atomic E-state index is 0.451. The first-order valence-corrected chi connectivity index (χ1v) is 3.49. The Bertz CT molecular complexity index is 274. The minimum atomic E-state index is 0.451. The second-order valence-electron chi connectivity index (χ2n) is 2.43. The van der Waals surface area contributed by atoms with E-state index in [0.29, 0.717) is 6.01 Å². The Kier molecular flexibility index (Phi) is 1.47. The zero-order valence-corrected chi connectivity index (χ0v) is 6.29. The molecule has 0 radical (unpaired) electrons. The number of hydrogen-bond donors (Lipinski definition) is 1. The third-order valence-electron chi connectivity index (χ3n) is 1.72. The van der Waals surface area contributed by atoms with Crippen molar-refractivity contribution >= 4 is 0 Å². The first kappa shape index (κ1) is 6.54. The van der Waals surface area contributed by atoms with E-state index >= 15 is 0 Å². The number of nitrogens with zero attached hydrogens (tertiary/aromatic N) is 2. The van der Waals surface area contributed by atoms with Crippen LogP contribution < -0.4 is 10.1 Å². The van der Waals surface area contributed by atoms with Gasteiger partial charge < -0.3 is 10.1 Å². The summed E-state index contributed by atoms with van der Waals surface area (Å²) < 4.78 is 4.89. The molecule has 4 heteroatoms. The molecule has 0 saturated heterocycles. The van der Waals surface area contributed by atoms with Crippen LogP contribution in [0.4, 0.5) is 0 Å². The maximum atomic E-state index is 4.89. The SMILES string of the molecule is COc1ncc2c(n1)CNC2. The number of ether oxygens (including phenoxy) is 1. The molecule has 0 aliphatic carbocycles. The van der Waals surface area contributed by atoms with Gasteiger partial charge in [0.1, 0.15) is 0 Å². The number of aromatic nitrogens is 2. The molecule has 0 amide bonds. The summed E-state index contributed by atoms with van der Waals surface area (Å²) in [7, 11) is 1.57. The van der Waals surface area contributed by atoms with Crippen LogP contribution in [0.15, 0.2) is 6.20 Å². The fraction of sp³-hybridized carbons (Fsp3) is 0.429. The Morgan fingerprint density at radius 1 is 1.55 bits per heavy atom. The molecule has 2 rings (SSSR count). The molecule has 11 heavy (non-hydrogen) atoms. The molecule has 58 valence electrons. The van der Waals surface area contributed by atoms with Crippen LogP contribution in [0.25, 0.3) is 0 Å². The van der Waals surface area contributed by atoms with E-state index in [2.05, 4.69) is 15.3 Å². The molecule has 1 aromatic rings. The Morgan fingerprint density at radius 2 is 2.45 bits per heavy atom. The van der Waals surface area contributed by atoms with Gasteiger partial charge in [0.2, 0.25) is 0 Å². The average molecular weight is 151 g/mol. The summed E-state index contributed by atoms with van der Waals surface area (Å²) in [5, 5.41) is 3.18. The summed E-state index contributed by atoms with van der Waals surface area (Å²) in [4.78, 5) is 8.17. The van der Waals surface area contributed by atoms with Crippen LogP contribution in [0, 0.1) is 0 Å². The molecular weight excluding hydrogens is 142 g/mol. The Morgan fingerprint density at radius 3 is 3.27 bits per heavy atom. The zero-order valence-electron chi connectivity index (χ0n) is 6.29. The number of nitrogens with one attached hydrogen (secondary N) is 1. The van der Waals surface area contributed by atoms with Crippen molar-refractivity contribution < 1.29 is 4.74 Å². The first-order valence-electron chi connectivity index (χ1n) is 3.49. The summed E-state index contributed by atoms with van der Waals surface area (Å²) in [5.74, 6) is 0.